The zero-order valence-corrected chi connectivity index (χ0v) is 21.7. The summed E-state index contributed by atoms with van der Waals surface area (Å²) in [6, 6.07) is 3.84. The topological polar surface area (TPSA) is 83.6 Å². The monoisotopic (exact) mass is 485 g/mol. The highest BCUT2D eigenvalue weighted by atomic mass is 35.5. The minimum absolute atomic E-state index is 0.0985. The lowest BCUT2D eigenvalue weighted by molar-refractivity contribution is -0.145. The molecule has 1 aromatic rings. The Morgan fingerprint density at radius 1 is 1.26 bits per heavy atom. The van der Waals surface area contributed by atoms with Gasteiger partial charge < -0.3 is 9.84 Å². The molecule has 6 nitrogen and oxygen atoms in total. The molecule has 1 aromatic carbocycles. The van der Waals surface area contributed by atoms with E-state index in [0.717, 1.165) is 36.8 Å². The minimum atomic E-state index is -1.08. The third kappa shape index (κ3) is 5.96. The maximum atomic E-state index is 12.6. The summed E-state index contributed by atoms with van der Waals surface area (Å²) in [7, 11) is 0. The molecule has 2 atom stereocenters. The van der Waals surface area contributed by atoms with Crippen molar-refractivity contribution in [3.8, 4) is 5.75 Å². The fraction of sp³-hybridized carbons (Fsp3) is 0.556. The quantitative estimate of drug-likeness (QED) is 0.283. The maximum Gasteiger partial charge on any atom is 0.306 e. The van der Waals surface area contributed by atoms with Crippen molar-refractivity contribution in [2.45, 2.75) is 83.4 Å². The van der Waals surface area contributed by atoms with E-state index in [1.54, 1.807) is 18.2 Å². The molecule has 0 amide bonds. The number of benzene rings is 1. The third-order valence-corrected chi connectivity index (χ3v) is 6.94. The predicted octanol–water partition coefficient (Wildman–Crippen LogP) is 7.09. The first-order valence-corrected chi connectivity index (χ1v) is 12.6. The van der Waals surface area contributed by atoms with Gasteiger partial charge in [0.15, 0.2) is 0 Å². The van der Waals surface area contributed by atoms with Crippen molar-refractivity contribution in [1.82, 2.24) is 0 Å². The molecule has 2 aliphatic rings. The highest BCUT2D eigenvalue weighted by Gasteiger charge is 2.35. The molecule has 1 aliphatic carbocycles. The standard InChI is InChI=1S/C27H36ClN3O3/c1-6-8-9-18(7-2)17-34-24(32)13-10-19-20(26(3,4)5)11-12-21(25(19)33)27(28)15-14-22-23(16-27)30-31-29-22/h11-12,14-16,18,33H,6-10,13,17H2,1-5H3. The van der Waals surface area contributed by atoms with E-state index in [-0.39, 0.29) is 23.6 Å². The van der Waals surface area contributed by atoms with Crippen molar-refractivity contribution in [2.24, 2.45) is 21.4 Å². The number of carbonyl (C=O) groups is 1. The van der Waals surface area contributed by atoms with E-state index in [4.69, 9.17) is 16.3 Å². The van der Waals surface area contributed by atoms with Crippen LogP contribution in [0.2, 0.25) is 0 Å². The fourth-order valence-corrected chi connectivity index (χ4v) is 4.69. The highest BCUT2D eigenvalue weighted by molar-refractivity contribution is 6.29. The van der Waals surface area contributed by atoms with Gasteiger partial charge in [0, 0.05) is 12.0 Å². The van der Waals surface area contributed by atoms with E-state index in [9.17, 15) is 9.90 Å². The Bertz CT molecular complexity index is 1040. The lowest BCUT2D eigenvalue weighted by atomic mass is 9.79. The van der Waals surface area contributed by atoms with E-state index in [2.05, 4.69) is 50.1 Å². The molecule has 0 bridgehead atoms. The molecule has 1 N–H and O–H groups in total. The molecule has 0 spiro atoms. The number of carbonyl (C=O) groups excluding carboxylic acids is 1. The van der Waals surface area contributed by atoms with Crippen LogP contribution in [0.1, 0.15) is 83.4 Å². The van der Waals surface area contributed by atoms with Crippen LogP contribution in [0.4, 0.5) is 0 Å². The number of fused-ring (bicyclic) bond motifs is 1. The van der Waals surface area contributed by atoms with E-state index in [1.165, 1.54) is 0 Å². The first-order valence-electron chi connectivity index (χ1n) is 12.2. The molecule has 0 saturated heterocycles. The van der Waals surface area contributed by atoms with Gasteiger partial charge in [-0.05, 0) is 52.7 Å². The number of hydrogen-bond donors (Lipinski definition) is 1. The van der Waals surface area contributed by atoms with Crippen LogP contribution >= 0.6 is 11.6 Å². The van der Waals surface area contributed by atoms with E-state index >= 15 is 0 Å². The summed E-state index contributed by atoms with van der Waals surface area (Å²) < 4.78 is 5.59. The zero-order valence-electron chi connectivity index (χ0n) is 20.9. The van der Waals surface area contributed by atoms with Crippen LogP contribution in [-0.4, -0.2) is 23.4 Å². The summed E-state index contributed by atoms with van der Waals surface area (Å²) in [5.74, 6) is 0.252. The molecule has 34 heavy (non-hydrogen) atoms. The first-order chi connectivity index (χ1) is 16.1. The van der Waals surface area contributed by atoms with Gasteiger partial charge in [-0.3, -0.25) is 4.79 Å². The molecule has 0 saturated carbocycles. The summed E-state index contributed by atoms with van der Waals surface area (Å²) in [4.78, 5) is 11.5. The number of esters is 1. The normalized spacial score (nSPS) is 20.1. The zero-order chi connectivity index (χ0) is 24.9. The van der Waals surface area contributed by atoms with Gasteiger partial charge in [0.05, 0.1) is 6.61 Å². The number of unbranched alkanes of at least 4 members (excludes halogenated alkanes) is 1. The summed E-state index contributed by atoms with van der Waals surface area (Å²) >= 11 is 6.94. The van der Waals surface area contributed by atoms with E-state index in [0.29, 0.717) is 35.9 Å². The number of alkyl halides is 1. The number of nitrogens with zero attached hydrogens (tertiary/aromatic N) is 3. The van der Waals surface area contributed by atoms with Crippen molar-refractivity contribution < 1.29 is 14.6 Å². The molecule has 1 heterocycles. The van der Waals surface area contributed by atoms with Crippen LogP contribution in [0.25, 0.3) is 0 Å². The van der Waals surface area contributed by atoms with Gasteiger partial charge in [-0.25, -0.2) is 0 Å². The third-order valence-electron chi connectivity index (χ3n) is 6.50. The largest absolute Gasteiger partial charge is 0.507 e. The second-order valence-corrected chi connectivity index (χ2v) is 10.8. The molecular weight excluding hydrogens is 450 g/mol. The number of rotatable bonds is 10. The number of phenols is 1. The lowest BCUT2D eigenvalue weighted by Crippen LogP contribution is -2.21. The summed E-state index contributed by atoms with van der Waals surface area (Å²) in [5, 5.41) is 23.0. The van der Waals surface area contributed by atoms with Crippen LogP contribution < -0.4 is 0 Å². The van der Waals surface area contributed by atoms with Crippen molar-refractivity contribution in [3.05, 3.63) is 52.7 Å². The van der Waals surface area contributed by atoms with E-state index < -0.39 is 4.87 Å². The Hall–Kier alpha value is -2.47. The molecule has 3 rings (SSSR count). The van der Waals surface area contributed by atoms with Crippen molar-refractivity contribution >= 4 is 23.3 Å². The van der Waals surface area contributed by atoms with Crippen LogP contribution in [0.3, 0.4) is 0 Å². The predicted molar refractivity (Wildman–Crippen MR) is 136 cm³/mol. The lowest BCUT2D eigenvalue weighted by Gasteiger charge is -2.29. The van der Waals surface area contributed by atoms with Crippen LogP contribution in [0, 0.1) is 5.92 Å². The molecule has 7 heteroatoms. The number of halogens is 1. The Morgan fingerprint density at radius 2 is 2.03 bits per heavy atom. The smallest absolute Gasteiger partial charge is 0.306 e. The summed E-state index contributed by atoms with van der Waals surface area (Å²) in [5.41, 5.74) is 3.25. The Kier molecular flexibility index (Phi) is 8.34. The average Bonchev–Trinajstić information content (AvgIpc) is 3.24. The van der Waals surface area contributed by atoms with Gasteiger partial charge in [-0.2, -0.15) is 0 Å². The number of phenolic OH excluding ortho intramolecular Hbond substituents is 1. The molecular formula is C27H36ClN3O3. The molecule has 0 aromatic heterocycles. The van der Waals surface area contributed by atoms with Crippen molar-refractivity contribution in [2.75, 3.05) is 6.61 Å². The van der Waals surface area contributed by atoms with Gasteiger partial charge >= 0.3 is 5.97 Å². The highest BCUT2D eigenvalue weighted by Crippen LogP contribution is 2.45. The Morgan fingerprint density at radius 3 is 2.71 bits per heavy atom. The molecule has 184 valence electrons. The fourth-order valence-electron chi connectivity index (χ4n) is 4.37. The molecule has 1 aliphatic heterocycles. The molecule has 0 fully saturated rings. The van der Waals surface area contributed by atoms with Gasteiger partial charge in [-0.15, -0.1) is 21.8 Å². The van der Waals surface area contributed by atoms with Crippen LogP contribution in [-0.2, 0) is 26.2 Å². The van der Waals surface area contributed by atoms with Crippen molar-refractivity contribution in [3.63, 3.8) is 0 Å². The summed E-state index contributed by atoms with van der Waals surface area (Å²) in [6.07, 6.45) is 10.2. The van der Waals surface area contributed by atoms with Crippen molar-refractivity contribution in [1.29, 1.82) is 0 Å². The Labute approximate surface area is 207 Å². The number of aromatic hydroxyl groups is 1. The number of allylic oxidation sites excluding steroid dienone is 3. The van der Waals surface area contributed by atoms with Gasteiger partial charge in [0.1, 0.15) is 22.0 Å². The molecule has 0 radical (unpaired) electrons. The van der Waals surface area contributed by atoms with Gasteiger partial charge in [0.2, 0.25) is 0 Å². The van der Waals surface area contributed by atoms with Crippen LogP contribution in [0.15, 0.2) is 51.5 Å². The number of ether oxygens (including phenoxy) is 1. The maximum absolute atomic E-state index is 12.6. The minimum Gasteiger partial charge on any atom is -0.507 e. The van der Waals surface area contributed by atoms with E-state index in [1.807, 2.05) is 12.1 Å². The Balaban J connectivity index is 1.81. The van der Waals surface area contributed by atoms with Gasteiger partial charge in [-0.1, -0.05) is 72.1 Å². The van der Waals surface area contributed by atoms with Crippen LogP contribution in [0.5, 0.6) is 5.75 Å². The second-order valence-electron chi connectivity index (χ2n) is 10.1. The average molecular weight is 486 g/mol. The second kappa shape index (κ2) is 10.9. The van der Waals surface area contributed by atoms with Gasteiger partial charge in [0.25, 0.3) is 0 Å². The summed E-state index contributed by atoms with van der Waals surface area (Å²) in [6.45, 7) is 11.0. The SMILES string of the molecule is CCCCC(CC)COC(=O)CCc1c(C(C)(C)C)ccc(C2(Cl)C=CC3=NN=NC3=C2)c1O. The first kappa shape index (κ1) is 26.1. The molecule has 2 unspecified atom stereocenters. The number of hydrogen-bond acceptors (Lipinski definition) is 6.